The summed E-state index contributed by atoms with van der Waals surface area (Å²) in [6, 6.07) is 2.31. The third kappa shape index (κ3) is 3.17. The molecule has 2 rings (SSSR count). The lowest BCUT2D eigenvalue weighted by molar-refractivity contribution is -0.138. The van der Waals surface area contributed by atoms with Gasteiger partial charge in [-0.15, -0.1) is 0 Å². The van der Waals surface area contributed by atoms with Gasteiger partial charge in [-0.3, -0.25) is 4.79 Å². The number of primary amides is 1. The number of amides is 1. The summed E-state index contributed by atoms with van der Waals surface area (Å²) in [5.74, 6) is -0.907. The Morgan fingerprint density at radius 1 is 1.17 bits per heavy atom. The normalized spacial score (nSPS) is 19.6. The van der Waals surface area contributed by atoms with E-state index < -0.39 is 36.0 Å². The number of hydrogen-bond donors (Lipinski definition) is 1. The summed E-state index contributed by atoms with van der Waals surface area (Å²) in [5, 5.41) is 0. The summed E-state index contributed by atoms with van der Waals surface area (Å²) in [4.78, 5) is 11.7. The molecule has 1 amide bonds. The van der Waals surface area contributed by atoms with Crippen molar-refractivity contribution in [3.8, 4) is 0 Å². The highest BCUT2D eigenvalue weighted by molar-refractivity contribution is 6.62. The van der Waals surface area contributed by atoms with Crippen LogP contribution in [0.3, 0.4) is 0 Å². The van der Waals surface area contributed by atoms with Crippen molar-refractivity contribution >= 4 is 18.5 Å². The van der Waals surface area contributed by atoms with Crippen LogP contribution in [0, 0.1) is 0 Å². The van der Waals surface area contributed by atoms with Gasteiger partial charge in [-0.05, 0) is 57.3 Å². The Labute approximate surface area is 139 Å². The Kier molecular flexibility index (Phi) is 4.52. The van der Waals surface area contributed by atoms with Gasteiger partial charge in [0, 0.05) is 5.56 Å². The number of alkyl halides is 3. The molecule has 4 nitrogen and oxygen atoms in total. The monoisotopic (exact) mass is 343 g/mol. The van der Waals surface area contributed by atoms with Crippen LogP contribution in [-0.2, 0) is 21.9 Å². The van der Waals surface area contributed by atoms with Crippen molar-refractivity contribution in [3.63, 3.8) is 0 Å². The molecule has 1 aromatic rings. The number of halogens is 3. The van der Waals surface area contributed by atoms with Gasteiger partial charge in [0.25, 0.3) is 0 Å². The first-order valence-electron chi connectivity index (χ1n) is 7.69. The first-order valence-corrected chi connectivity index (χ1v) is 7.69. The van der Waals surface area contributed by atoms with Crippen LogP contribution in [0.2, 0.25) is 0 Å². The van der Waals surface area contributed by atoms with Gasteiger partial charge >= 0.3 is 13.3 Å². The second-order valence-electron chi connectivity index (χ2n) is 6.90. The third-order valence-corrected chi connectivity index (χ3v) is 4.72. The predicted molar refractivity (Wildman–Crippen MR) is 85.1 cm³/mol. The average molecular weight is 343 g/mol. The van der Waals surface area contributed by atoms with Crippen molar-refractivity contribution in [1.29, 1.82) is 0 Å². The van der Waals surface area contributed by atoms with E-state index in [0.29, 0.717) is 0 Å². The van der Waals surface area contributed by atoms with Crippen LogP contribution in [-0.4, -0.2) is 24.2 Å². The van der Waals surface area contributed by atoms with E-state index in [1.165, 1.54) is 6.07 Å². The van der Waals surface area contributed by atoms with Crippen LogP contribution in [0.25, 0.3) is 0 Å². The van der Waals surface area contributed by atoms with Crippen LogP contribution in [0.15, 0.2) is 12.1 Å². The van der Waals surface area contributed by atoms with Gasteiger partial charge in [-0.1, -0.05) is 6.92 Å². The first kappa shape index (κ1) is 18.8. The van der Waals surface area contributed by atoms with E-state index >= 15 is 0 Å². The van der Waals surface area contributed by atoms with Crippen molar-refractivity contribution < 1.29 is 27.3 Å². The molecule has 1 heterocycles. The molecule has 2 N–H and O–H groups in total. The zero-order chi connectivity index (χ0) is 18.5. The minimum Gasteiger partial charge on any atom is -0.399 e. The number of carbonyl (C=O) groups is 1. The Bertz CT molecular complexity index is 655. The fourth-order valence-electron chi connectivity index (χ4n) is 2.66. The van der Waals surface area contributed by atoms with E-state index in [2.05, 4.69) is 0 Å². The fraction of sp³-hybridized carbons (Fsp3) is 0.562. The fourth-order valence-corrected chi connectivity index (χ4v) is 2.66. The van der Waals surface area contributed by atoms with Gasteiger partial charge in [0.2, 0.25) is 5.91 Å². The van der Waals surface area contributed by atoms with Gasteiger partial charge in [0.15, 0.2) is 0 Å². The molecule has 1 aromatic carbocycles. The van der Waals surface area contributed by atoms with Gasteiger partial charge in [-0.2, -0.15) is 13.2 Å². The maximum atomic E-state index is 13.4. The summed E-state index contributed by atoms with van der Waals surface area (Å²) in [7, 11) is -1.000. The van der Waals surface area contributed by atoms with Crippen molar-refractivity contribution in [1.82, 2.24) is 0 Å². The Morgan fingerprint density at radius 2 is 1.67 bits per heavy atom. The minimum atomic E-state index is -4.60. The van der Waals surface area contributed by atoms with E-state index in [4.69, 9.17) is 15.0 Å². The van der Waals surface area contributed by atoms with E-state index in [0.717, 1.165) is 6.07 Å². The van der Waals surface area contributed by atoms with Gasteiger partial charge in [0.05, 0.1) is 16.8 Å². The Hall–Kier alpha value is -1.54. The lowest BCUT2D eigenvalue weighted by Crippen LogP contribution is -2.41. The lowest BCUT2D eigenvalue weighted by Gasteiger charge is -2.32. The van der Waals surface area contributed by atoms with Crippen LogP contribution in [0.4, 0.5) is 13.2 Å². The number of carbonyl (C=O) groups excluding carboxylic acids is 1. The second kappa shape index (κ2) is 5.77. The Morgan fingerprint density at radius 3 is 2.04 bits per heavy atom. The second-order valence-corrected chi connectivity index (χ2v) is 6.90. The highest BCUT2D eigenvalue weighted by Gasteiger charge is 2.52. The topological polar surface area (TPSA) is 61.6 Å². The smallest absolute Gasteiger partial charge is 0.399 e. The molecule has 8 heteroatoms. The summed E-state index contributed by atoms with van der Waals surface area (Å²) in [6.07, 6.45) is -4.56. The molecular weight excluding hydrogens is 322 g/mol. The molecule has 1 aliphatic rings. The standard InChI is InChI=1S/C16H21BF3NO3/c1-6-10-11(13(21)22)7-9(8-12(10)16(18,19)20)17-23-14(2,3)15(4,5)24-17/h7-8H,6H2,1-5H3,(H2,21,22). The van der Waals surface area contributed by atoms with E-state index in [-0.39, 0.29) is 23.0 Å². The average Bonchev–Trinajstić information content (AvgIpc) is 2.64. The van der Waals surface area contributed by atoms with Crippen molar-refractivity contribution in [2.24, 2.45) is 5.73 Å². The number of hydrogen-bond acceptors (Lipinski definition) is 3. The molecule has 24 heavy (non-hydrogen) atoms. The largest absolute Gasteiger partial charge is 0.494 e. The van der Waals surface area contributed by atoms with E-state index in [9.17, 15) is 18.0 Å². The highest BCUT2D eigenvalue weighted by Crippen LogP contribution is 2.38. The molecule has 0 atom stereocenters. The molecule has 1 aliphatic heterocycles. The molecule has 0 aromatic heterocycles. The van der Waals surface area contributed by atoms with Crippen LogP contribution in [0.1, 0.15) is 56.1 Å². The summed E-state index contributed by atoms with van der Waals surface area (Å²) >= 11 is 0. The van der Waals surface area contributed by atoms with Gasteiger partial charge in [-0.25, -0.2) is 0 Å². The van der Waals surface area contributed by atoms with Crippen LogP contribution >= 0.6 is 0 Å². The molecule has 1 saturated heterocycles. The van der Waals surface area contributed by atoms with E-state index in [1.54, 1.807) is 34.6 Å². The summed E-state index contributed by atoms with van der Waals surface area (Å²) < 4.78 is 51.8. The van der Waals surface area contributed by atoms with Crippen molar-refractivity contribution in [2.45, 2.75) is 58.4 Å². The molecule has 132 valence electrons. The van der Waals surface area contributed by atoms with E-state index in [1.807, 2.05) is 0 Å². The number of benzene rings is 1. The van der Waals surface area contributed by atoms with Crippen molar-refractivity contribution in [3.05, 3.63) is 28.8 Å². The maximum Gasteiger partial charge on any atom is 0.494 e. The quantitative estimate of drug-likeness (QED) is 0.859. The van der Waals surface area contributed by atoms with Crippen LogP contribution in [0.5, 0.6) is 0 Å². The highest BCUT2D eigenvalue weighted by atomic mass is 19.4. The summed E-state index contributed by atoms with van der Waals surface area (Å²) in [6.45, 7) is 8.74. The molecule has 1 fully saturated rings. The summed E-state index contributed by atoms with van der Waals surface area (Å²) in [5.41, 5.74) is 2.86. The molecule has 0 saturated carbocycles. The lowest BCUT2D eigenvalue weighted by atomic mass is 9.76. The first-order chi connectivity index (χ1) is 10.8. The van der Waals surface area contributed by atoms with Gasteiger partial charge < -0.3 is 15.0 Å². The zero-order valence-corrected chi connectivity index (χ0v) is 14.4. The SMILES string of the molecule is CCc1c(C(N)=O)cc(B2OC(C)(C)C(C)(C)O2)cc1C(F)(F)F. The maximum absolute atomic E-state index is 13.4. The number of rotatable bonds is 3. The molecular formula is C16H21BF3NO3. The Balaban J connectivity index is 2.61. The molecule has 0 unspecified atom stereocenters. The third-order valence-electron chi connectivity index (χ3n) is 4.72. The number of nitrogens with two attached hydrogens (primary N) is 1. The predicted octanol–water partition coefficient (Wildman–Crippen LogP) is 2.67. The van der Waals surface area contributed by atoms with Crippen LogP contribution < -0.4 is 11.2 Å². The molecule has 0 radical (unpaired) electrons. The van der Waals surface area contributed by atoms with Gasteiger partial charge in [0.1, 0.15) is 0 Å². The minimum absolute atomic E-state index is 0.0385. The zero-order valence-electron chi connectivity index (χ0n) is 14.4. The van der Waals surface area contributed by atoms with Crippen molar-refractivity contribution in [2.75, 3.05) is 0 Å². The molecule has 0 spiro atoms. The molecule has 0 bridgehead atoms. The molecule has 0 aliphatic carbocycles.